The molecule has 0 aliphatic heterocycles. The van der Waals surface area contributed by atoms with Crippen molar-refractivity contribution in [2.45, 2.75) is 0 Å². The van der Waals surface area contributed by atoms with E-state index in [4.69, 9.17) is 10.2 Å². The Bertz CT molecular complexity index is 467. The van der Waals surface area contributed by atoms with Gasteiger partial charge in [0.25, 0.3) is 0 Å². The topological polar surface area (TPSA) is 111 Å². The quantitative estimate of drug-likeness (QED) is 0.535. The van der Waals surface area contributed by atoms with Crippen LogP contribution in [0.4, 0.5) is 16.2 Å². The molecule has 7 nitrogen and oxygen atoms in total. The molecule has 0 aliphatic carbocycles. The van der Waals surface area contributed by atoms with Crippen molar-refractivity contribution in [1.82, 2.24) is 5.32 Å². The summed E-state index contributed by atoms with van der Waals surface area (Å²) in [5.74, 6) is -0.479. The van der Waals surface area contributed by atoms with E-state index in [0.29, 0.717) is 17.9 Å². The predicted octanol–water partition coefficient (Wildman–Crippen LogP) is 1.06. The summed E-state index contributed by atoms with van der Waals surface area (Å²) in [6.45, 7) is -0.0246. The van der Waals surface area contributed by atoms with Crippen LogP contribution in [0.25, 0.3) is 0 Å². The number of rotatable bonds is 6. The average molecular weight is 332 g/mol. The smallest absolute Gasteiger partial charge is 0.405 e. The minimum absolute atomic E-state index is 0.0377. The van der Waals surface area contributed by atoms with E-state index in [1.165, 1.54) is 0 Å². The minimum atomic E-state index is -1.26. The molecule has 0 spiro atoms. The molecule has 0 fully saturated rings. The molecule has 104 valence electrons. The monoisotopic (exact) mass is 331 g/mol. The van der Waals surface area contributed by atoms with Crippen LogP contribution in [0.15, 0.2) is 22.7 Å². The van der Waals surface area contributed by atoms with Crippen molar-refractivity contribution in [2.75, 3.05) is 30.3 Å². The van der Waals surface area contributed by atoms with Crippen LogP contribution >= 0.6 is 15.9 Å². The lowest BCUT2D eigenvalue weighted by Crippen LogP contribution is -2.31. The van der Waals surface area contributed by atoms with Gasteiger partial charge in [0.1, 0.15) is 6.54 Å². The Hall–Kier alpha value is -1.80. The molecular weight excluding hydrogens is 318 g/mol. The predicted molar refractivity (Wildman–Crippen MR) is 74.4 cm³/mol. The van der Waals surface area contributed by atoms with Gasteiger partial charge in [0.15, 0.2) is 0 Å². The van der Waals surface area contributed by atoms with E-state index in [1.807, 2.05) is 5.32 Å². The Balaban J connectivity index is 2.71. The molecule has 0 bridgehead atoms. The Kier molecular flexibility index (Phi) is 6.10. The molecule has 19 heavy (non-hydrogen) atoms. The van der Waals surface area contributed by atoms with E-state index in [0.717, 1.165) is 4.47 Å². The molecule has 0 saturated carbocycles. The second-order valence-electron chi connectivity index (χ2n) is 3.55. The van der Waals surface area contributed by atoms with Crippen molar-refractivity contribution in [3.63, 3.8) is 0 Å². The number of aliphatic hydroxyl groups excluding tert-OH is 1. The fourth-order valence-electron chi connectivity index (χ4n) is 1.31. The highest BCUT2D eigenvalue weighted by atomic mass is 79.9. The first-order valence-electron chi connectivity index (χ1n) is 5.44. The lowest BCUT2D eigenvalue weighted by Gasteiger charge is -2.13. The van der Waals surface area contributed by atoms with Crippen LogP contribution in [0.1, 0.15) is 0 Å². The van der Waals surface area contributed by atoms with Crippen molar-refractivity contribution in [2.24, 2.45) is 0 Å². The van der Waals surface area contributed by atoms with E-state index in [9.17, 15) is 9.59 Å². The number of nitrogens with one attached hydrogen (secondary N) is 3. The summed E-state index contributed by atoms with van der Waals surface area (Å²) < 4.78 is 0.767. The zero-order valence-corrected chi connectivity index (χ0v) is 11.5. The van der Waals surface area contributed by atoms with Gasteiger partial charge in [-0.25, -0.2) is 4.79 Å². The summed E-state index contributed by atoms with van der Waals surface area (Å²) in [4.78, 5) is 21.8. The number of carbonyl (C=O) groups excluding carboxylic acids is 1. The number of aliphatic hydroxyl groups is 1. The SMILES string of the molecule is O=C(O)NCC(=O)Nc1cc(Br)ccc1NCCO. The van der Waals surface area contributed by atoms with E-state index in [1.54, 1.807) is 18.2 Å². The second kappa shape index (κ2) is 7.59. The maximum atomic E-state index is 11.5. The number of benzene rings is 1. The summed E-state index contributed by atoms with van der Waals surface area (Å²) in [5.41, 5.74) is 1.14. The van der Waals surface area contributed by atoms with Gasteiger partial charge in [0, 0.05) is 11.0 Å². The maximum Gasteiger partial charge on any atom is 0.405 e. The normalized spacial score (nSPS) is 9.79. The molecule has 5 N–H and O–H groups in total. The molecule has 1 aromatic carbocycles. The molecule has 0 atom stereocenters. The first-order valence-corrected chi connectivity index (χ1v) is 6.23. The van der Waals surface area contributed by atoms with Crippen LogP contribution in [0.2, 0.25) is 0 Å². The number of anilines is 2. The van der Waals surface area contributed by atoms with Crippen LogP contribution in [-0.2, 0) is 4.79 Å². The minimum Gasteiger partial charge on any atom is -0.465 e. The highest BCUT2D eigenvalue weighted by molar-refractivity contribution is 9.10. The summed E-state index contributed by atoms with van der Waals surface area (Å²) in [5, 5.41) is 24.7. The first-order chi connectivity index (χ1) is 9.02. The average Bonchev–Trinajstić information content (AvgIpc) is 2.35. The largest absolute Gasteiger partial charge is 0.465 e. The molecule has 0 aliphatic rings. The van der Waals surface area contributed by atoms with Gasteiger partial charge in [-0.15, -0.1) is 0 Å². The zero-order valence-electron chi connectivity index (χ0n) is 9.94. The fourth-order valence-corrected chi connectivity index (χ4v) is 1.68. The first kappa shape index (κ1) is 15.3. The van der Waals surface area contributed by atoms with Gasteiger partial charge in [-0.1, -0.05) is 15.9 Å². The van der Waals surface area contributed by atoms with E-state index in [2.05, 4.69) is 26.6 Å². The van der Waals surface area contributed by atoms with Crippen molar-refractivity contribution < 1.29 is 19.8 Å². The third-order valence-electron chi connectivity index (χ3n) is 2.08. The molecule has 2 amide bonds. The number of halogens is 1. The third kappa shape index (κ3) is 5.58. The van der Waals surface area contributed by atoms with Crippen molar-refractivity contribution in [1.29, 1.82) is 0 Å². The zero-order chi connectivity index (χ0) is 14.3. The molecule has 0 heterocycles. The number of amides is 2. The molecular formula is C11H14BrN3O4. The standard InChI is InChI=1S/C11H14BrN3O4/c12-7-1-2-8(13-3-4-16)9(5-7)15-10(17)6-14-11(18)19/h1-2,5,13-14,16H,3-4,6H2,(H,15,17)(H,18,19). The Labute approximate surface area is 118 Å². The number of carbonyl (C=O) groups is 2. The third-order valence-corrected chi connectivity index (χ3v) is 2.58. The van der Waals surface area contributed by atoms with E-state index < -0.39 is 12.0 Å². The Morgan fingerprint density at radius 1 is 1.26 bits per heavy atom. The number of hydrogen-bond acceptors (Lipinski definition) is 4. The molecule has 0 unspecified atom stereocenters. The maximum absolute atomic E-state index is 11.5. The molecule has 8 heteroatoms. The summed E-state index contributed by atoms with van der Waals surface area (Å²) in [7, 11) is 0. The van der Waals surface area contributed by atoms with Crippen LogP contribution in [-0.4, -0.2) is 41.9 Å². The van der Waals surface area contributed by atoms with Gasteiger partial charge in [-0.2, -0.15) is 0 Å². The molecule has 0 saturated heterocycles. The highest BCUT2D eigenvalue weighted by Crippen LogP contribution is 2.25. The van der Waals surface area contributed by atoms with Crippen molar-refractivity contribution in [3.8, 4) is 0 Å². The summed E-state index contributed by atoms with van der Waals surface area (Å²) in [6.07, 6.45) is -1.26. The summed E-state index contributed by atoms with van der Waals surface area (Å²) >= 11 is 3.28. The Morgan fingerprint density at radius 3 is 2.63 bits per heavy atom. The van der Waals surface area contributed by atoms with Crippen LogP contribution in [0.5, 0.6) is 0 Å². The van der Waals surface area contributed by atoms with Crippen LogP contribution in [0, 0.1) is 0 Å². The molecule has 1 aromatic rings. The van der Waals surface area contributed by atoms with Crippen LogP contribution in [0.3, 0.4) is 0 Å². The molecule has 0 aromatic heterocycles. The molecule has 1 rings (SSSR count). The highest BCUT2D eigenvalue weighted by Gasteiger charge is 2.08. The van der Waals surface area contributed by atoms with Gasteiger partial charge in [-0.3, -0.25) is 4.79 Å². The lowest BCUT2D eigenvalue weighted by atomic mass is 10.2. The van der Waals surface area contributed by atoms with Gasteiger partial charge in [0.2, 0.25) is 5.91 Å². The number of hydrogen-bond donors (Lipinski definition) is 5. The summed E-state index contributed by atoms with van der Waals surface area (Å²) in [6, 6.07) is 5.20. The van der Waals surface area contributed by atoms with Gasteiger partial charge in [0.05, 0.1) is 18.0 Å². The van der Waals surface area contributed by atoms with E-state index >= 15 is 0 Å². The van der Waals surface area contributed by atoms with Crippen LogP contribution < -0.4 is 16.0 Å². The molecule has 0 radical (unpaired) electrons. The second-order valence-corrected chi connectivity index (χ2v) is 4.46. The Morgan fingerprint density at radius 2 is 2.00 bits per heavy atom. The van der Waals surface area contributed by atoms with Gasteiger partial charge in [-0.05, 0) is 18.2 Å². The van der Waals surface area contributed by atoms with Gasteiger partial charge < -0.3 is 26.2 Å². The fraction of sp³-hybridized carbons (Fsp3) is 0.273. The number of carboxylic acid groups (broad SMARTS) is 1. The van der Waals surface area contributed by atoms with Crippen molar-refractivity contribution in [3.05, 3.63) is 22.7 Å². The van der Waals surface area contributed by atoms with Gasteiger partial charge >= 0.3 is 6.09 Å². The van der Waals surface area contributed by atoms with E-state index in [-0.39, 0.29) is 13.2 Å². The van der Waals surface area contributed by atoms with Crippen molar-refractivity contribution >= 4 is 39.3 Å². The lowest BCUT2D eigenvalue weighted by molar-refractivity contribution is -0.115.